The molecule has 0 saturated heterocycles. The van der Waals surface area contributed by atoms with Crippen molar-refractivity contribution in [1.82, 2.24) is 19.2 Å². The summed E-state index contributed by atoms with van der Waals surface area (Å²) in [6, 6.07) is 17.6. The zero-order valence-corrected chi connectivity index (χ0v) is 22.1. The van der Waals surface area contributed by atoms with Gasteiger partial charge in [-0.2, -0.15) is 15.3 Å². The van der Waals surface area contributed by atoms with Gasteiger partial charge in [0.05, 0.1) is 23.4 Å². The molecule has 2 heterocycles. The second-order valence-electron chi connectivity index (χ2n) is 9.97. The number of carbonyl (C=O) groups is 1. The van der Waals surface area contributed by atoms with E-state index in [-0.39, 0.29) is 17.7 Å². The summed E-state index contributed by atoms with van der Waals surface area (Å²) in [6.07, 6.45) is 3.88. The SMILES string of the molecule is CCCc1c(Cc2ccc(-c3ccccc3C#N)cc2)c(=O)n(C2CC(OC(CC)C(=O)O)C2)c2ncnn12. The molecule has 39 heavy (non-hydrogen) atoms. The van der Waals surface area contributed by atoms with Crippen LogP contribution in [0.3, 0.4) is 0 Å². The van der Waals surface area contributed by atoms with Crippen molar-refractivity contribution in [3.8, 4) is 17.2 Å². The van der Waals surface area contributed by atoms with Gasteiger partial charge in [0, 0.05) is 18.0 Å². The molecule has 5 rings (SSSR count). The lowest BCUT2D eigenvalue weighted by atomic mass is 9.88. The van der Waals surface area contributed by atoms with Crippen LogP contribution in [-0.2, 0) is 22.4 Å². The summed E-state index contributed by atoms with van der Waals surface area (Å²) in [6.45, 7) is 3.85. The number of benzene rings is 2. The quantitative estimate of drug-likeness (QED) is 0.322. The predicted octanol–water partition coefficient (Wildman–Crippen LogP) is 4.56. The highest BCUT2D eigenvalue weighted by Crippen LogP contribution is 2.36. The van der Waals surface area contributed by atoms with Gasteiger partial charge >= 0.3 is 5.97 Å². The Hall–Kier alpha value is -4.29. The largest absolute Gasteiger partial charge is 0.479 e. The molecular weight excluding hydrogens is 494 g/mol. The summed E-state index contributed by atoms with van der Waals surface area (Å²) in [5.41, 5.74) is 4.87. The third kappa shape index (κ3) is 5.08. The number of aryl methyl sites for hydroxylation is 1. The van der Waals surface area contributed by atoms with Crippen molar-refractivity contribution in [2.75, 3.05) is 0 Å². The van der Waals surface area contributed by atoms with E-state index in [1.54, 1.807) is 22.1 Å². The summed E-state index contributed by atoms with van der Waals surface area (Å²) in [7, 11) is 0. The number of aromatic nitrogens is 4. The van der Waals surface area contributed by atoms with Gasteiger partial charge in [0.15, 0.2) is 6.10 Å². The van der Waals surface area contributed by atoms with Crippen molar-refractivity contribution < 1.29 is 14.6 Å². The molecule has 0 radical (unpaired) electrons. The van der Waals surface area contributed by atoms with E-state index in [1.165, 1.54) is 6.33 Å². The Morgan fingerprint density at radius 1 is 1.18 bits per heavy atom. The maximum absolute atomic E-state index is 14.0. The lowest BCUT2D eigenvalue weighted by molar-refractivity contribution is -0.160. The van der Waals surface area contributed by atoms with Gasteiger partial charge in [0.2, 0.25) is 5.78 Å². The van der Waals surface area contributed by atoms with Gasteiger partial charge in [-0.05, 0) is 48.4 Å². The summed E-state index contributed by atoms with van der Waals surface area (Å²) in [5.74, 6) is -0.462. The average molecular weight is 526 g/mol. The van der Waals surface area contributed by atoms with E-state index >= 15 is 0 Å². The number of rotatable bonds is 10. The van der Waals surface area contributed by atoms with Crippen LogP contribution in [0.1, 0.15) is 68.0 Å². The molecule has 0 spiro atoms. The van der Waals surface area contributed by atoms with Crippen molar-refractivity contribution in [3.05, 3.63) is 87.6 Å². The molecule has 1 saturated carbocycles. The normalized spacial score (nSPS) is 17.5. The Bertz CT molecular complexity index is 1590. The predicted molar refractivity (Wildman–Crippen MR) is 145 cm³/mol. The summed E-state index contributed by atoms with van der Waals surface area (Å²) < 4.78 is 9.24. The van der Waals surface area contributed by atoms with Crippen molar-refractivity contribution in [3.63, 3.8) is 0 Å². The zero-order chi connectivity index (χ0) is 27.5. The van der Waals surface area contributed by atoms with Crippen molar-refractivity contribution in [2.24, 2.45) is 0 Å². The van der Waals surface area contributed by atoms with Crippen LogP contribution in [0.2, 0.25) is 0 Å². The van der Waals surface area contributed by atoms with E-state index in [9.17, 15) is 20.0 Å². The lowest BCUT2D eigenvalue weighted by Crippen LogP contribution is -2.43. The number of nitriles is 1. The highest BCUT2D eigenvalue weighted by molar-refractivity contribution is 5.72. The molecule has 1 atom stereocenters. The molecule has 9 nitrogen and oxygen atoms in total. The van der Waals surface area contributed by atoms with Crippen LogP contribution < -0.4 is 5.56 Å². The van der Waals surface area contributed by atoms with Crippen LogP contribution in [0, 0.1) is 11.3 Å². The number of fused-ring (bicyclic) bond motifs is 1. The van der Waals surface area contributed by atoms with Crippen molar-refractivity contribution in [2.45, 2.75) is 70.6 Å². The second-order valence-corrected chi connectivity index (χ2v) is 9.97. The van der Waals surface area contributed by atoms with E-state index in [1.807, 2.05) is 42.5 Å². The van der Waals surface area contributed by atoms with E-state index in [2.05, 4.69) is 23.1 Å². The first-order chi connectivity index (χ1) is 18.9. The highest BCUT2D eigenvalue weighted by Gasteiger charge is 2.37. The molecule has 1 unspecified atom stereocenters. The number of carboxylic acid groups (broad SMARTS) is 1. The Balaban J connectivity index is 1.47. The van der Waals surface area contributed by atoms with Crippen molar-refractivity contribution >= 4 is 11.7 Å². The van der Waals surface area contributed by atoms with Gasteiger partial charge in [0.1, 0.15) is 6.33 Å². The fourth-order valence-electron chi connectivity index (χ4n) is 5.34. The van der Waals surface area contributed by atoms with Gasteiger partial charge in [-0.3, -0.25) is 9.36 Å². The van der Waals surface area contributed by atoms with E-state index in [4.69, 9.17) is 4.74 Å². The van der Waals surface area contributed by atoms with Crippen LogP contribution >= 0.6 is 0 Å². The molecule has 0 amide bonds. The third-order valence-electron chi connectivity index (χ3n) is 7.44. The van der Waals surface area contributed by atoms with Gasteiger partial charge in [-0.1, -0.05) is 62.7 Å². The first-order valence-corrected chi connectivity index (χ1v) is 13.4. The third-order valence-corrected chi connectivity index (χ3v) is 7.44. The van der Waals surface area contributed by atoms with Gasteiger partial charge in [-0.15, -0.1) is 0 Å². The minimum atomic E-state index is -0.966. The van der Waals surface area contributed by atoms with Gasteiger partial charge < -0.3 is 9.84 Å². The molecule has 4 aromatic rings. The molecule has 1 N–H and O–H groups in total. The minimum Gasteiger partial charge on any atom is -0.479 e. The molecule has 1 fully saturated rings. The van der Waals surface area contributed by atoms with Crippen LogP contribution in [-0.4, -0.2) is 42.4 Å². The second kappa shape index (κ2) is 11.2. The smallest absolute Gasteiger partial charge is 0.332 e. The standard InChI is InChI=1S/C30H31N5O4/c1-3-7-26-25(14-19-10-12-20(13-11-19)24-9-6-5-8-21(24)17-31)28(36)34(30-32-18-33-35(26)30)22-15-23(16-22)39-27(4-2)29(37)38/h5-6,8-13,18,22-23,27H,3-4,7,14-16H2,1-2H3,(H,37,38). The van der Waals surface area contributed by atoms with Crippen LogP contribution in [0.15, 0.2) is 59.7 Å². The first kappa shape index (κ1) is 26.3. The average Bonchev–Trinajstić information content (AvgIpc) is 3.41. The molecule has 2 aromatic heterocycles. The minimum absolute atomic E-state index is 0.0911. The number of hydrogen-bond acceptors (Lipinski definition) is 6. The number of ether oxygens (including phenoxy) is 1. The first-order valence-electron chi connectivity index (χ1n) is 13.4. The summed E-state index contributed by atoms with van der Waals surface area (Å²) in [5, 5.41) is 23.3. The summed E-state index contributed by atoms with van der Waals surface area (Å²) in [4.78, 5) is 29.8. The Morgan fingerprint density at radius 2 is 1.92 bits per heavy atom. The van der Waals surface area contributed by atoms with Crippen LogP contribution in [0.5, 0.6) is 0 Å². The molecule has 1 aliphatic rings. The molecular formula is C30H31N5O4. The Kier molecular flexibility index (Phi) is 7.57. The maximum atomic E-state index is 14.0. The van der Waals surface area contributed by atoms with Gasteiger partial charge in [-0.25, -0.2) is 9.31 Å². The monoisotopic (exact) mass is 525 g/mol. The van der Waals surface area contributed by atoms with Crippen LogP contribution in [0.4, 0.5) is 0 Å². The summed E-state index contributed by atoms with van der Waals surface area (Å²) >= 11 is 0. The topological polar surface area (TPSA) is 123 Å². The molecule has 200 valence electrons. The lowest BCUT2D eigenvalue weighted by Gasteiger charge is -2.37. The number of nitrogens with zero attached hydrogens (tertiary/aromatic N) is 5. The fourth-order valence-corrected chi connectivity index (χ4v) is 5.34. The molecule has 0 aliphatic heterocycles. The molecule has 1 aliphatic carbocycles. The van der Waals surface area contributed by atoms with Crippen molar-refractivity contribution in [1.29, 1.82) is 5.26 Å². The van der Waals surface area contributed by atoms with E-state index in [0.717, 1.165) is 28.8 Å². The highest BCUT2D eigenvalue weighted by atomic mass is 16.5. The number of hydrogen-bond donors (Lipinski definition) is 1. The molecule has 0 bridgehead atoms. The van der Waals surface area contributed by atoms with Crippen LogP contribution in [0.25, 0.3) is 16.9 Å². The van der Waals surface area contributed by atoms with E-state index < -0.39 is 12.1 Å². The molecule has 9 heteroatoms. The number of aliphatic carboxylic acids is 1. The zero-order valence-electron chi connectivity index (χ0n) is 22.1. The Labute approximate surface area is 226 Å². The fraction of sp³-hybridized carbons (Fsp3) is 0.367. The maximum Gasteiger partial charge on any atom is 0.332 e. The Morgan fingerprint density at radius 3 is 2.59 bits per heavy atom. The van der Waals surface area contributed by atoms with E-state index in [0.29, 0.717) is 49.0 Å². The molecule has 2 aromatic carbocycles. The van der Waals surface area contributed by atoms with Gasteiger partial charge in [0.25, 0.3) is 5.56 Å². The number of carboxylic acids is 1.